The van der Waals surface area contributed by atoms with Gasteiger partial charge in [0.05, 0.1) is 6.61 Å². The van der Waals surface area contributed by atoms with E-state index in [0.29, 0.717) is 6.04 Å². The molecule has 0 spiro atoms. The molecule has 0 amide bonds. The van der Waals surface area contributed by atoms with Crippen LogP contribution in [0.2, 0.25) is 0 Å². The predicted octanol–water partition coefficient (Wildman–Crippen LogP) is 1.73. The highest BCUT2D eigenvalue weighted by Gasteiger charge is 2.05. The Morgan fingerprint density at radius 3 is 2.53 bits per heavy atom. The van der Waals surface area contributed by atoms with E-state index >= 15 is 0 Å². The molecule has 0 aromatic rings. The van der Waals surface area contributed by atoms with Crippen molar-refractivity contribution in [1.29, 1.82) is 0 Å². The summed E-state index contributed by atoms with van der Waals surface area (Å²) in [4.78, 5) is 2.44. The highest BCUT2D eigenvalue weighted by Crippen LogP contribution is 1.96. The van der Waals surface area contributed by atoms with Gasteiger partial charge in [-0.25, -0.2) is 0 Å². The van der Waals surface area contributed by atoms with Gasteiger partial charge in [0.15, 0.2) is 0 Å². The third kappa shape index (κ3) is 8.85. The summed E-state index contributed by atoms with van der Waals surface area (Å²) in [5, 5.41) is 3.51. The van der Waals surface area contributed by atoms with Crippen molar-refractivity contribution in [2.24, 2.45) is 0 Å². The number of rotatable bonds is 10. The molecule has 3 nitrogen and oxygen atoms in total. The first kappa shape index (κ1) is 14.9. The van der Waals surface area contributed by atoms with Gasteiger partial charge in [-0.05, 0) is 39.4 Å². The summed E-state index contributed by atoms with van der Waals surface area (Å²) in [6, 6.07) is 0.626. The minimum absolute atomic E-state index is 0.626. The lowest BCUT2D eigenvalue weighted by molar-refractivity contribution is 0.148. The minimum Gasteiger partial charge on any atom is -0.383 e. The normalized spacial score (nSPS) is 13.4. The van der Waals surface area contributed by atoms with Crippen LogP contribution in [0.1, 0.15) is 33.6 Å². The van der Waals surface area contributed by atoms with Gasteiger partial charge in [-0.3, -0.25) is 0 Å². The van der Waals surface area contributed by atoms with Crippen molar-refractivity contribution in [3.63, 3.8) is 0 Å². The zero-order valence-electron chi connectivity index (χ0n) is 10.9. The standard InChI is InChI=1S/C12H28N2O/c1-5-8-13-12(3)7-9-14(6-2)10-11-15-4/h12-13H,5-11H2,1-4H3. The quantitative estimate of drug-likeness (QED) is 0.602. The van der Waals surface area contributed by atoms with Crippen molar-refractivity contribution in [2.75, 3.05) is 39.9 Å². The molecular formula is C12H28N2O. The van der Waals surface area contributed by atoms with Gasteiger partial charge in [0.1, 0.15) is 0 Å². The highest BCUT2D eigenvalue weighted by atomic mass is 16.5. The van der Waals surface area contributed by atoms with E-state index in [0.717, 1.165) is 32.8 Å². The van der Waals surface area contributed by atoms with Crippen molar-refractivity contribution in [2.45, 2.75) is 39.7 Å². The second kappa shape index (κ2) is 10.4. The molecule has 0 saturated heterocycles. The molecule has 0 aliphatic carbocycles. The molecule has 0 fully saturated rings. The maximum atomic E-state index is 5.09. The molecule has 0 aromatic heterocycles. The molecule has 0 bridgehead atoms. The Kier molecular flexibility index (Phi) is 10.3. The van der Waals surface area contributed by atoms with E-state index in [-0.39, 0.29) is 0 Å². The smallest absolute Gasteiger partial charge is 0.0589 e. The van der Waals surface area contributed by atoms with Crippen LogP contribution in [0, 0.1) is 0 Å². The summed E-state index contributed by atoms with van der Waals surface area (Å²) in [6.07, 6.45) is 2.43. The van der Waals surface area contributed by atoms with Gasteiger partial charge in [0.2, 0.25) is 0 Å². The topological polar surface area (TPSA) is 24.5 Å². The van der Waals surface area contributed by atoms with Gasteiger partial charge < -0.3 is 15.0 Å². The van der Waals surface area contributed by atoms with Crippen LogP contribution < -0.4 is 5.32 Å². The van der Waals surface area contributed by atoms with Crippen molar-refractivity contribution in [3.05, 3.63) is 0 Å². The Bertz CT molecular complexity index is 131. The molecule has 1 N–H and O–H groups in total. The third-order valence-electron chi connectivity index (χ3n) is 2.68. The lowest BCUT2D eigenvalue weighted by Crippen LogP contribution is -2.34. The molecule has 0 aliphatic rings. The second-order valence-corrected chi connectivity index (χ2v) is 4.07. The summed E-state index contributed by atoms with van der Waals surface area (Å²) < 4.78 is 5.09. The molecule has 15 heavy (non-hydrogen) atoms. The Labute approximate surface area is 95.2 Å². The van der Waals surface area contributed by atoms with Gasteiger partial charge in [-0.15, -0.1) is 0 Å². The molecule has 0 aliphatic heterocycles. The summed E-state index contributed by atoms with van der Waals surface area (Å²) in [7, 11) is 1.76. The van der Waals surface area contributed by atoms with Gasteiger partial charge in [0.25, 0.3) is 0 Å². The predicted molar refractivity (Wildman–Crippen MR) is 66.4 cm³/mol. The van der Waals surface area contributed by atoms with Crippen molar-refractivity contribution >= 4 is 0 Å². The van der Waals surface area contributed by atoms with Crippen LogP contribution in [0.15, 0.2) is 0 Å². The average molecular weight is 216 g/mol. The van der Waals surface area contributed by atoms with Crippen LogP contribution in [0.25, 0.3) is 0 Å². The van der Waals surface area contributed by atoms with Gasteiger partial charge in [0, 0.05) is 19.7 Å². The molecule has 0 saturated carbocycles. The van der Waals surface area contributed by atoms with Gasteiger partial charge in [-0.2, -0.15) is 0 Å². The summed E-state index contributed by atoms with van der Waals surface area (Å²) in [5.74, 6) is 0. The molecule has 0 radical (unpaired) electrons. The molecule has 1 unspecified atom stereocenters. The van der Waals surface area contributed by atoms with Gasteiger partial charge in [-0.1, -0.05) is 13.8 Å². The first-order chi connectivity index (χ1) is 7.24. The summed E-state index contributed by atoms with van der Waals surface area (Å²) in [5.41, 5.74) is 0. The van der Waals surface area contributed by atoms with E-state index in [4.69, 9.17) is 4.74 Å². The third-order valence-corrected chi connectivity index (χ3v) is 2.68. The minimum atomic E-state index is 0.626. The number of hydrogen-bond donors (Lipinski definition) is 1. The van der Waals surface area contributed by atoms with Crippen LogP contribution in [0.3, 0.4) is 0 Å². The first-order valence-corrected chi connectivity index (χ1v) is 6.19. The molecule has 1 atom stereocenters. The maximum absolute atomic E-state index is 5.09. The zero-order valence-corrected chi connectivity index (χ0v) is 10.9. The fourth-order valence-electron chi connectivity index (χ4n) is 1.52. The molecule has 0 aromatic carbocycles. The van der Waals surface area contributed by atoms with E-state index in [1.165, 1.54) is 12.8 Å². The largest absolute Gasteiger partial charge is 0.383 e. The monoisotopic (exact) mass is 216 g/mol. The van der Waals surface area contributed by atoms with Crippen LogP contribution in [0.4, 0.5) is 0 Å². The summed E-state index contributed by atoms with van der Waals surface area (Å²) in [6.45, 7) is 12.0. The zero-order chi connectivity index (χ0) is 11.5. The molecule has 3 heteroatoms. The Hall–Kier alpha value is -0.120. The fourth-order valence-corrected chi connectivity index (χ4v) is 1.52. The van der Waals surface area contributed by atoms with Crippen molar-refractivity contribution in [1.82, 2.24) is 10.2 Å². The van der Waals surface area contributed by atoms with Gasteiger partial charge >= 0.3 is 0 Å². The maximum Gasteiger partial charge on any atom is 0.0589 e. The first-order valence-electron chi connectivity index (χ1n) is 6.19. The van der Waals surface area contributed by atoms with Crippen LogP contribution in [0.5, 0.6) is 0 Å². The lowest BCUT2D eigenvalue weighted by Gasteiger charge is -2.22. The van der Waals surface area contributed by atoms with E-state index in [1.807, 2.05) is 0 Å². The second-order valence-electron chi connectivity index (χ2n) is 4.07. The number of hydrogen-bond acceptors (Lipinski definition) is 3. The van der Waals surface area contributed by atoms with Crippen LogP contribution in [-0.2, 0) is 4.74 Å². The van der Waals surface area contributed by atoms with E-state index in [9.17, 15) is 0 Å². The van der Waals surface area contributed by atoms with Crippen molar-refractivity contribution in [3.8, 4) is 0 Å². The number of nitrogens with one attached hydrogen (secondary N) is 1. The number of methoxy groups -OCH3 is 1. The van der Waals surface area contributed by atoms with E-state index in [2.05, 4.69) is 31.0 Å². The Balaban J connectivity index is 3.50. The van der Waals surface area contributed by atoms with Crippen LogP contribution >= 0.6 is 0 Å². The highest BCUT2D eigenvalue weighted by molar-refractivity contribution is 4.64. The Morgan fingerprint density at radius 2 is 2.00 bits per heavy atom. The number of ether oxygens (including phenoxy) is 1. The molecule has 0 heterocycles. The average Bonchev–Trinajstić information content (AvgIpc) is 2.26. The number of nitrogens with zero attached hydrogens (tertiary/aromatic N) is 1. The molecule has 0 rings (SSSR count). The SMILES string of the molecule is CCCNC(C)CCN(CC)CCOC. The lowest BCUT2D eigenvalue weighted by atomic mass is 10.2. The Morgan fingerprint density at radius 1 is 1.27 bits per heavy atom. The summed E-state index contributed by atoms with van der Waals surface area (Å²) >= 11 is 0. The van der Waals surface area contributed by atoms with E-state index in [1.54, 1.807) is 7.11 Å². The fraction of sp³-hybridized carbons (Fsp3) is 1.00. The molecular weight excluding hydrogens is 188 g/mol. The van der Waals surface area contributed by atoms with Crippen molar-refractivity contribution < 1.29 is 4.74 Å². The molecule has 92 valence electrons. The van der Waals surface area contributed by atoms with Crippen LogP contribution in [-0.4, -0.2) is 50.8 Å². The number of likely N-dealkylation sites (N-methyl/N-ethyl adjacent to an activating group) is 1. The van der Waals surface area contributed by atoms with E-state index < -0.39 is 0 Å².